The van der Waals surface area contributed by atoms with E-state index in [2.05, 4.69) is 16.9 Å². The number of thiocarbonyl (C=S) groups is 1. The van der Waals surface area contributed by atoms with Crippen molar-refractivity contribution in [1.29, 1.82) is 0 Å². The molecule has 0 saturated heterocycles. The number of nitrogens with one attached hydrogen (secondary N) is 1. The van der Waals surface area contributed by atoms with E-state index in [1.54, 1.807) is 24.3 Å². The van der Waals surface area contributed by atoms with Gasteiger partial charge in [-0.2, -0.15) is 0 Å². The molecular formula is C12H18N2O3S2. The lowest BCUT2D eigenvalue weighted by Crippen LogP contribution is -2.35. The van der Waals surface area contributed by atoms with Gasteiger partial charge in [0.1, 0.15) is 11.0 Å². The molecule has 0 spiro atoms. The van der Waals surface area contributed by atoms with Crippen molar-refractivity contribution in [2.24, 2.45) is 5.73 Å². The molecule has 0 radical (unpaired) electrons. The van der Waals surface area contributed by atoms with E-state index >= 15 is 0 Å². The number of rotatable bonds is 6. The minimum absolute atomic E-state index is 0.0627. The molecule has 7 heteroatoms. The third-order valence-electron chi connectivity index (χ3n) is 2.35. The van der Waals surface area contributed by atoms with Gasteiger partial charge in [0, 0.05) is 5.69 Å². The summed E-state index contributed by atoms with van der Waals surface area (Å²) in [5.74, 6) is 0.681. The van der Waals surface area contributed by atoms with Gasteiger partial charge in [0.25, 0.3) is 0 Å². The van der Waals surface area contributed by atoms with E-state index in [1.165, 1.54) is 6.92 Å². The quantitative estimate of drug-likeness (QED) is 0.784. The lowest BCUT2D eigenvalue weighted by atomic mass is 10.3. The lowest BCUT2D eigenvalue weighted by Gasteiger charge is -2.14. The summed E-state index contributed by atoms with van der Waals surface area (Å²) in [6.07, 6.45) is 0.0668. The molecule has 1 aromatic rings. The van der Waals surface area contributed by atoms with Gasteiger partial charge in [0.05, 0.1) is 11.1 Å². The molecular weight excluding hydrogens is 284 g/mol. The summed E-state index contributed by atoms with van der Waals surface area (Å²) in [6, 6.07) is 6.65. The van der Waals surface area contributed by atoms with Crippen LogP contribution in [0.4, 0.5) is 5.69 Å². The predicted molar refractivity (Wildman–Crippen MR) is 81.0 cm³/mol. The molecule has 0 saturated carbocycles. The van der Waals surface area contributed by atoms with Crippen LogP contribution in [0.1, 0.15) is 20.8 Å². The van der Waals surface area contributed by atoms with E-state index in [0.29, 0.717) is 11.4 Å². The van der Waals surface area contributed by atoms with E-state index in [-0.39, 0.29) is 11.1 Å². The summed E-state index contributed by atoms with van der Waals surface area (Å²) < 4.78 is 31.7. The molecule has 1 aromatic carbocycles. The monoisotopic (exact) mass is 302 g/mol. The molecule has 3 N–H and O–H groups in total. The molecule has 1 unspecified atom stereocenters. The molecule has 0 bridgehead atoms. The highest BCUT2D eigenvalue weighted by Crippen LogP contribution is 2.18. The number of ether oxygens (including phenoxy) is 1. The van der Waals surface area contributed by atoms with E-state index < -0.39 is 15.3 Å². The second-order valence-corrected chi connectivity index (χ2v) is 6.86. The Hall–Kier alpha value is -1.34. The summed E-state index contributed by atoms with van der Waals surface area (Å²) >= 11 is 4.69. The van der Waals surface area contributed by atoms with Gasteiger partial charge in [-0.25, -0.2) is 8.42 Å². The largest absolute Gasteiger partial charge is 0.491 e. The average Bonchev–Trinajstić information content (AvgIpc) is 2.29. The minimum atomic E-state index is -3.61. The van der Waals surface area contributed by atoms with Crippen molar-refractivity contribution >= 4 is 32.9 Å². The molecule has 0 aromatic heterocycles. The zero-order valence-corrected chi connectivity index (χ0v) is 12.7. The molecule has 0 fully saturated rings. The van der Waals surface area contributed by atoms with Crippen molar-refractivity contribution < 1.29 is 13.2 Å². The number of anilines is 1. The van der Waals surface area contributed by atoms with Crippen molar-refractivity contribution in [3.05, 3.63) is 24.3 Å². The van der Waals surface area contributed by atoms with Gasteiger partial charge in [-0.15, -0.1) is 0 Å². The van der Waals surface area contributed by atoms with Crippen molar-refractivity contribution in [3.63, 3.8) is 0 Å². The molecule has 0 amide bonds. The highest BCUT2D eigenvalue weighted by atomic mass is 32.2. The fourth-order valence-corrected chi connectivity index (χ4v) is 2.61. The second kappa shape index (κ2) is 6.21. The molecule has 5 nitrogen and oxygen atoms in total. The Morgan fingerprint density at radius 2 is 1.79 bits per heavy atom. The minimum Gasteiger partial charge on any atom is -0.491 e. The van der Waals surface area contributed by atoms with Gasteiger partial charge in [0.2, 0.25) is 10.0 Å². The summed E-state index contributed by atoms with van der Waals surface area (Å²) in [7, 11) is -3.61. The first-order valence-corrected chi connectivity index (χ1v) is 7.75. The fourth-order valence-electron chi connectivity index (χ4n) is 1.28. The molecule has 19 heavy (non-hydrogen) atoms. The third-order valence-corrected chi connectivity index (χ3v) is 4.56. The fraction of sp³-hybridized carbons (Fsp3) is 0.417. The summed E-state index contributed by atoms with van der Waals surface area (Å²) in [4.78, 5) is -0.0627. The van der Waals surface area contributed by atoms with Gasteiger partial charge in [-0.05, 0) is 45.0 Å². The van der Waals surface area contributed by atoms with Gasteiger partial charge < -0.3 is 10.5 Å². The molecule has 0 heterocycles. The maximum atomic E-state index is 11.9. The van der Waals surface area contributed by atoms with Crippen LogP contribution in [-0.2, 0) is 10.0 Å². The van der Waals surface area contributed by atoms with Gasteiger partial charge in [-0.3, -0.25) is 4.72 Å². The number of hydrogen-bond acceptors (Lipinski definition) is 4. The Kier molecular flexibility index (Phi) is 5.13. The molecule has 106 valence electrons. The van der Waals surface area contributed by atoms with E-state index in [1.807, 2.05) is 13.8 Å². The first-order valence-electron chi connectivity index (χ1n) is 5.80. The number of benzene rings is 1. The van der Waals surface area contributed by atoms with Crippen molar-refractivity contribution in [2.45, 2.75) is 32.1 Å². The van der Waals surface area contributed by atoms with Crippen molar-refractivity contribution in [3.8, 4) is 5.75 Å². The highest BCUT2D eigenvalue weighted by molar-refractivity contribution is 7.95. The number of sulfonamides is 1. The summed E-state index contributed by atoms with van der Waals surface area (Å²) in [5.41, 5.74) is 5.79. The first kappa shape index (κ1) is 15.7. The Labute approximate surface area is 119 Å². The van der Waals surface area contributed by atoms with Crippen molar-refractivity contribution in [1.82, 2.24) is 0 Å². The Morgan fingerprint density at radius 3 is 2.21 bits per heavy atom. The second-order valence-electron chi connectivity index (χ2n) is 4.38. The van der Waals surface area contributed by atoms with E-state index in [4.69, 9.17) is 10.5 Å². The lowest BCUT2D eigenvalue weighted by molar-refractivity contribution is 0.242. The van der Waals surface area contributed by atoms with Gasteiger partial charge >= 0.3 is 0 Å². The molecule has 1 rings (SSSR count). The van der Waals surface area contributed by atoms with Crippen LogP contribution < -0.4 is 15.2 Å². The van der Waals surface area contributed by atoms with Crippen molar-refractivity contribution in [2.75, 3.05) is 4.72 Å². The maximum absolute atomic E-state index is 11.9. The zero-order chi connectivity index (χ0) is 14.6. The Balaban J connectivity index is 2.81. The van der Waals surface area contributed by atoms with Crippen LogP contribution in [0, 0.1) is 0 Å². The molecule has 0 aliphatic rings. The standard InChI is InChI=1S/C12H18N2O3S2/c1-8(2)17-11-6-4-10(5-7-11)14-19(15,16)9(3)12(13)18/h4-9,14H,1-3H3,(H2,13,18). The van der Waals surface area contributed by atoms with Crippen LogP contribution in [0.2, 0.25) is 0 Å². The van der Waals surface area contributed by atoms with Crippen LogP contribution in [-0.4, -0.2) is 24.8 Å². The van der Waals surface area contributed by atoms with Crippen LogP contribution in [0.3, 0.4) is 0 Å². The maximum Gasteiger partial charge on any atom is 0.241 e. The smallest absolute Gasteiger partial charge is 0.241 e. The summed E-state index contributed by atoms with van der Waals surface area (Å²) in [5, 5.41) is -0.922. The topological polar surface area (TPSA) is 81.4 Å². The number of nitrogens with two attached hydrogens (primary N) is 1. The first-order chi connectivity index (χ1) is 8.72. The SMILES string of the molecule is CC(C)Oc1ccc(NS(=O)(=O)C(C)C(N)=S)cc1. The van der Waals surface area contributed by atoms with Crippen LogP contribution in [0.5, 0.6) is 5.75 Å². The summed E-state index contributed by atoms with van der Waals surface area (Å²) in [6.45, 7) is 5.28. The third kappa shape index (κ3) is 4.68. The predicted octanol–water partition coefficient (Wildman–Crippen LogP) is 1.89. The molecule has 0 aliphatic heterocycles. The molecule has 1 atom stereocenters. The van der Waals surface area contributed by atoms with Crippen LogP contribution in [0.15, 0.2) is 24.3 Å². The van der Waals surface area contributed by atoms with E-state index in [0.717, 1.165) is 0 Å². The zero-order valence-electron chi connectivity index (χ0n) is 11.1. The van der Waals surface area contributed by atoms with Gasteiger partial charge in [0.15, 0.2) is 0 Å². The Bertz CT molecular complexity index is 539. The van der Waals surface area contributed by atoms with Gasteiger partial charge in [-0.1, -0.05) is 12.2 Å². The van der Waals surface area contributed by atoms with Crippen LogP contribution >= 0.6 is 12.2 Å². The normalized spacial score (nSPS) is 13.1. The molecule has 0 aliphatic carbocycles. The van der Waals surface area contributed by atoms with E-state index in [9.17, 15) is 8.42 Å². The number of hydrogen-bond donors (Lipinski definition) is 2. The van der Waals surface area contributed by atoms with Crippen LogP contribution in [0.25, 0.3) is 0 Å². The average molecular weight is 302 g/mol. The Morgan fingerprint density at radius 1 is 1.26 bits per heavy atom. The highest BCUT2D eigenvalue weighted by Gasteiger charge is 2.23.